The summed E-state index contributed by atoms with van der Waals surface area (Å²) in [7, 11) is 0. The molecule has 0 aromatic carbocycles. The van der Waals surface area contributed by atoms with E-state index in [0.29, 0.717) is 16.7 Å². The lowest BCUT2D eigenvalue weighted by Crippen LogP contribution is -2.22. The number of hydrogen-bond donors (Lipinski definition) is 3. The van der Waals surface area contributed by atoms with Crippen LogP contribution in [0.4, 0.5) is 5.13 Å². The molecule has 8 heteroatoms. The third-order valence-electron chi connectivity index (χ3n) is 1.94. The van der Waals surface area contributed by atoms with Crippen LogP contribution in [0.15, 0.2) is 12.5 Å². The van der Waals surface area contributed by atoms with E-state index in [0.717, 1.165) is 12.2 Å². The van der Waals surface area contributed by atoms with Crippen LogP contribution in [0, 0.1) is 0 Å². The average Bonchev–Trinajstić information content (AvgIpc) is 2.97. The molecule has 0 fully saturated rings. The molecule has 0 unspecified atom stereocenters. The molecule has 3 N–H and O–H groups in total. The van der Waals surface area contributed by atoms with Crippen LogP contribution in [0.3, 0.4) is 0 Å². The average molecular weight is 252 g/mol. The SMILES string of the molecule is CCNc1nnc(C(=O)NCc2cnc[nH]2)s1. The van der Waals surface area contributed by atoms with Crippen LogP contribution in [-0.4, -0.2) is 32.6 Å². The Morgan fingerprint density at radius 1 is 1.53 bits per heavy atom. The van der Waals surface area contributed by atoms with Crippen molar-refractivity contribution in [2.45, 2.75) is 13.5 Å². The van der Waals surface area contributed by atoms with Crippen LogP contribution in [0.1, 0.15) is 22.4 Å². The normalized spacial score (nSPS) is 10.2. The molecule has 0 bridgehead atoms. The first-order chi connectivity index (χ1) is 8.29. The highest BCUT2D eigenvalue weighted by atomic mass is 32.1. The number of nitrogens with one attached hydrogen (secondary N) is 3. The summed E-state index contributed by atoms with van der Waals surface area (Å²) in [6.45, 7) is 3.11. The molecule has 90 valence electrons. The zero-order chi connectivity index (χ0) is 12.1. The molecule has 2 heterocycles. The van der Waals surface area contributed by atoms with Crippen LogP contribution < -0.4 is 10.6 Å². The molecule has 0 saturated heterocycles. The molecule has 0 saturated carbocycles. The molecule has 0 spiro atoms. The molecular formula is C9H12N6OS. The lowest BCUT2D eigenvalue weighted by molar-refractivity contribution is 0.0949. The summed E-state index contributed by atoms with van der Waals surface area (Å²) in [5.41, 5.74) is 0.842. The lowest BCUT2D eigenvalue weighted by atomic mass is 10.4. The summed E-state index contributed by atoms with van der Waals surface area (Å²) in [4.78, 5) is 18.4. The largest absolute Gasteiger partial charge is 0.360 e. The fourth-order valence-electron chi connectivity index (χ4n) is 1.17. The number of nitrogens with zero attached hydrogens (tertiary/aromatic N) is 3. The van der Waals surface area contributed by atoms with Gasteiger partial charge in [0.25, 0.3) is 5.91 Å². The van der Waals surface area contributed by atoms with Crippen LogP contribution in [0.2, 0.25) is 0 Å². The zero-order valence-corrected chi connectivity index (χ0v) is 10.0. The monoisotopic (exact) mass is 252 g/mol. The zero-order valence-electron chi connectivity index (χ0n) is 9.23. The second kappa shape index (κ2) is 5.39. The van der Waals surface area contributed by atoms with Gasteiger partial charge in [0.15, 0.2) is 0 Å². The molecule has 0 atom stereocenters. The van der Waals surface area contributed by atoms with Crippen molar-refractivity contribution in [1.82, 2.24) is 25.5 Å². The standard InChI is InChI=1S/C9H12N6OS/c1-2-11-9-15-14-8(17-9)7(16)12-4-6-3-10-5-13-6/h3,5H,2,4H2,1H3,(H,10,13)(H,11,15)(H,12,16). The Morgan fingerprint density at radius 2 is 2.41 bits per heavy atom. The van der Waals surface area contributed by atoms with E-state index in [1.165, 1.54) is 11.3 Å². The van der Waals surface area contributed by atoms with Crippen molar-refractivity contribution in [2.75, 3.05) is 11.9 Å². The van der Waals surface area contributed by atoms with E-state index in [4.69, 9.17) is 0 Å². The summed E-state index contributed by atoms with van der Waals surface area (Å²) in [5.74, 6) is -0.235. The summed E-state index contributed by atoms with van der Waals surface area (Å²) in [5, 5.41) is 14.4. The van der Waals surface area contributed by atoms with Gasteiger partial charge in [-0.15, -0.1) is 10.2 Å². The van der Waals surface area contributed by atoms with Crippen molar-refractivity contribution >= 4 is 22.4 Å². The number of imidazole rings is 1. The van der Waals surface area contributed by atoms with Gasteiger partial charge in [0.05, 0.1) is 18.6 Å². The number of aromatic amines is 1. The quantitative estimate of drug-likeness (QED) is 0.725. The molecule has 0 radical (unpaired) electrons. The van der Waals surface area contributed by atoms with Gasteiger partial charge in [0.1, 0.15) is 0 Å². The van der Waals surface area contributed by atoms with E-state index in [9.17, 15) is 4.79 Å². The summed E-state index contributed by atoms with van der Waals surface area (Å²) in [6, 6.07) is 0. The van der Waals surface area contributed by atoms with Gasteiger partial charge in [-0.1, -0.05) is 11.3 Å². The third-order valence-corrected chi connectivity index (χ3v) is 2.82. The fourth-order valence-corrected chi connectivity index (χ4v) is 1.90. The topological polar surface area (TPSA) is 95.6 Å². The molecule has 17 heavy (non-hydrogen) atoms. The number of amides is 1. The molecule has 1 amide bonds. The van der Waals surface area contributed by atoms with Crippen LogP contribution in [0.5, 0.6) is 0 Å². The molecule has 2 aromatic heterocycles. The molecular weight excluding hydrogens is 240 g/mol. The maximum Gasteiger partial charge on any atom is 0.282 e. The first kappa shape index (κ1) is 11.5. The Labute approximate surface area is 102 Å². The highest BCUT2D eigenvalue weighted by Gasteiger charge is 2.12. The smallest absolute Gasteiger partial charge is 0.282 e. The Balaban J connectivity index is 1.90. The minimum atomic E-state index is -0.235. The summed E-state index contributed by atoms with van der Waals surface area (Å²) < 4.78 is 0. The number of carbonyl (C=O) groups is 1. The van der Waals surface area contributed by atoms with Gasteiger partial charge in [-0.25, -0.2) is 4.98 Å². The van der Waals surface area contributed by atoms with Crippen LogP contribution in [-0.2, 0) is 6.54 Å². The van der Waals surface area contributed by atoms with Gasteiger partial charge in [-0.05, 0) is 6.92 Å². The number of rotatable bonds is 5. The Hall–Kier alpha value is -1.96. The molecule has 0 aliphatic rings. The Morgan fingerprint density at radius 3 is 3.12 bits per heavy atom. The van der Waals surface area contributed by atoms with E-state index in [1.807, 2.05) is 6.92 Å². The van der Waals surface area contributed by atoms with Crippen LogP contribution in [0.25, 0.3) is 0 Å². The molecule has 2 aromatic rings. The number of carbonyl (C=O) groups excluding carboxylic acids is 1. The fraction of sp³-hybridized carbons (Fsp3) is 0.333. The van der Waals surface area contributed by atoms with Gasteiger partial charge in [-0.2, -0.15) is 0 Å². The van der Waals surface area contributed by atoms with Gasteiger partial charge in [0, 0.05) is 12.7 Å². The number of aromatic nitrogens is 4. The van der Waals surface area contributed by atoms with E-state index < -0.39 is 0 Å². The summed E-state index contributed by atoms with van der Waals surface area (Å²) in [6.07, 6.45) is 3.22. The van der Waals surface area contributed by atoms with Crippen molar-refractivity contribution in [1.29, 1.82) is 0 Å². The number of hydrogen-bond acceptors (Lipinski definition) is 6. The minimum Gasteiger partial charge on any atom is -0.360 e. The van der Waals surface area contributed by atoms with Crippen molar-refractivity contribution in [2.24, 2.45) is 0 Å². The van der Waals surface area contributed by atoms with E-state index in [2.05, 4.69) is 30.8 Å². The maximum atomic E-state index is 11.7. The van der Waals surface area contributed by atoms with Crippen molar-refractivity contribution in [3.63, 3.8) is 0 Å². The van der Waals surface area contributed by atoms with Gasteiger partial charge in [-0.3, -0.25) is 4.79 Å². The number of anilines is 1. The Kier molecular flexibility index (Phi) is 3.66. The van der Waals surface area contributed by atoms with E-state index >= 15 is 0 Å². The first-order valence-corrected chi connectivity index (χ1v) is 5.94. The van der Waals surface area contributed by atoms with E-state index in [-0.39, 0.29) is 5.91 Å². The molecule has 2 rings (SSSR count). The highest BCUT2D eigenvalue weighted by Crippen LogP contribution is 2.14. The van der Waals surface area contributed by atoms with Crippen LogP contribution >= 0.6 is 11.3 Å². The molecule has 0 aliphatic heterocycles. The second-order valence-corrected chi connectivity index (χ2v) is 4.18. The van der Waals surface area contributed by atoms with E-state index in [1.54, 1.807) is 12.5 Å². The predicted octanol–water partition coefficient (Wildman–Crippen LogP) is 0.623. The first-order valence-electron chi connectivity index (χ1n) is 5.12. The maximum absolute atomic E-state index is 11.7. The lowest BCUT2D eigenvalue weighted by Gasteiger charge is -1.99. The molecule has 7 nitrogen and oxygen atoms in total. The second-order valence-electron chi connectivity index (χ2n) is 3.20. The predicted molar refractivity (Wildman–Crippen MR) is 63.8 cm³/mol. The molecule has 0 aliphatic carbocycles. The van der Waals surface area contributed by atoms with Crippen molar-refractivity contribution < 1.29 is 4.79 Å². The number of H-pyrrole nitrogens is 1. The van der Waals surface area contributed by atoms with Gasteiger partial charge in [0.2, 0.25) is 10.1 Å². The van der Waals surface area contributed by atoms with Crippen molar-refractivity contribution in [3.05, 3.63) is 23.2 Å². The minimum absolute atomic E-state index is 0.235. The Bertz CT molecular complexity index is 479. The highest BCUT2D eigenvalue weighted by molar-refractivity contribution is 7.17. The summed E-state index contributed by atoms with van der Waals surface area (Å²) >= 11 is 1.23. The van der Waals surface area contributed by atoms with Gasteiger partial charge < -0.3 is 15.6 Å². The van der Waals surface area contributed by atoms with Crippen molar-refractivity contribution in [3.8, 4) is 0 Å². The third kappa shape index (κ3) is 3.00. The van der Waals surface area contributed by atoms with Gasteiger partial charge >= 0.3 is 0 Å².